The summed E-state index contributed by atoms with van der Waals surface area (Å²) >= 11 is 0. The fraction of sp³-hybridized carbons (Fsp3) is 0.200. The predicted octanol–water partition coefficient (Wildman–Crippen LogP) is 2.39. The highest BCUT2D eigenvalue weighted by atomic mass is 15.3. The van der Waals surface area contributed by atoms with Crippen molar-refractivity contribution in [2.75, 3.05) is 5.43 Å². The lowest BCUT2D eigenvalue weighted by Gasteiger charge is -1.99. The molecule has 0 bridgehead atoms. The smallest absolute Gasteiger partial charge is 0.0750 e. The number of hydrogen-bond acceptors (Lipinski definition) is 3. The molecule has 66 valence electrons. The largest absolute Gasteiger partial charge is 0.279 e. The molecule has 0 amide bonds. The first-order valence-corrected chi connectivity index (χ1v) is 4.04. The van der Waals surface area contributed by atoms with E-state index in [1.807, 2.05) is 43.3 Å². The van der Waals surface area contributed by atoms with Crippen LogP contribution in [0, 0.1) is 11.3 Å². The van der Waals surface area contributed by atoms with Gasteiger partial charge in [-0.3, -0.25) is 5.43 Å². The summed E-state index contributed by atoms with van der Waals surface area (Å²) in [6, 6.07) is 11.7. The molecule has 0 fully saturated rings. The molecular weight excluding hydrogens is 162 g/mol. The van der Waals surface area contributed by atoms with Crippen LogP contribution < -0.4 is 5.43 Å². The Hall–Kier alpha value is -1.82. The highest BCUT2D eigenvalue weighted by Gasteiger charge is 1.89. The molecule has 1 aromatic rings. The Bertz CT molecular complexity index is 322. The van der Waals surface area contributed by atoms with Crippen molar-refractivity contribution in [1.29, 1.82) is 5.26 Å². The minimum atomic E-state index is 0.361. The number of para-hydroxylation sites is 1. The Balaban J connectivity index is 2.53. The molecule has 0 aliphatic heterocycles. The first-order valence-electron chi connectivity index (χ1n) is 4.04. The number of anilines is 1. The third kappa shape index (κ3) is 3.39. The Morgan fingerprint density at radius 3 is 2.77 bits per heavy atom. The molecule has 13 heavy (non-hydrogen) atoms. The van der Waals surface area contributed by atoms with Gasteiger partial charge in [0.2, 0.25) is 0 Å². The van der Waals surface area contributed by atoms with Crippen LogP contribution in [0.3, 0.4) is 0 Å². The van der Waals surface area contributed by atoms with Gasteiger partial charge in [0, 0.05) is 5.71 Å². The number of hydrogen-bond donors (Lipinski definition) is 1. The van der Waals surface area contributed by atoms with E-state index in [0.29, 0.717) is 6.42 Å². The van der Waals surface area contributed by atoms with Gasteiger partial charge in [0.05, 0.1) is 18.2 Å². The van der Waals surface area contributed by atoms with Crippen LogP contribution in [-0.4, -0.2) is 5.71 Å². The maximum absolute atomic E-state index is 8.38. The van der Waals surface area contributed by atoms with Crippen LogP contribution in [0.25, 0.3) is 0 Å². The van der Waals surface area contributed by atoms with Gasteiger partial charge in [0.15, 0.2) is 0 Å². The topological polar surface area (TPSA) is 48.2 Å². The van der Waals surface area contributed by atoms with Crippen molar-refractivity contribution >= 4 is 11.4 Å². The second-order valence-corrected chi connectivity index (χ2v) is 2.66. The van der Waals surface area contributed by atoms with Crippen molar-refractivity contribution in [3.63, 3.8) is 0 Å². The number of nitrogens with one attached hydrogen (secondary N) is 1. The fourth-order valence-corrected chi connectivity index (χ4v) is 0.827. The number of benzene rings is 1. The van der Waals surface area contributed by atoms with E-state index in [4.69, 9.17) is 5.26 Å². The SMILES string of the molecule is CC(CC#N)=NNc1ccccc1. The van der Waals surface area contributed by atoms with Gasteiger partial charge in [-0.1, -0.05) is 18.2 Å². The van der Waals surface area contributed by atoms with Crippen LogP contribution in [0.4, 0.5) is 5.69 Å². The summed E-state index contributed by atoms with van der Waals surface area (Å²) in [5, 5.41) is 12.4. The van der Waals surface area contributed by atoms with E-state index in [9.17, 15) is 0 Å². The summed E-state index contributed by atoms with van der Waals surface area (Å²) in [6.07, 6.45) is 0.361. The zero-order chi connectivity index (χ0) is 9.52. The van der Waals surface area contributed by atoms with Gasteiger partial charge in [0.25, 0.3) is 0 Å². The zero-order valence-corrected chi connectivity index (χ0v) is 7.49. The van der Waals surface area contributed by atoms with Crippen LogP contribution >= 0.6 is 0 Å². The highest BCUT2D eigenvalue weighted by Crippen LogP contribution is 2.04. The van der Waals surface area contributed by atoms with Gasteiger partial charge in [0.1, 0.15) is 0 Å². The van der Waals surface area contributed by atoms with Gasteiger partial charge in [-0.15, -0.1) is 0 Å². The van der Waals surface area contributed by atoms with Crippen molar-refractivity contribution < 1.29 is 0 Å². The second kappa shape index (κ2) is 4.94. The van der Waals surface area contributed by atoms with Crippen LogP contribution in [0.2, 0.25) is 0 Å². The Morgan fingerprint density at radius 1 is 1.46 bits per heavy atom. The highest BCUT2D eigenvalue weighted by molar-refractivity contribution is 5.84. The molecule has 0 aromatic heterocycles. The van der Waals surface area contributed by atoms with E-state index in [1.165, 1.54) is 0 Å². The summed E-state index contributed by atoms with van der Waals surface area (Å²) < 4.78 is 0. The Labute approximate surface area is 77.7 Å². The summed E-state index contributed by atoms with van der Waals surface area (Å²) in [5.41, 5.74) is 4.58. The average Bonchev–Trinajstić information content (AvgIpc) is 2.17. The van der Waals surface area contributed by atoms with Crippen molar-refractivity contribution in [1.82, 2.24) is 0 Å². The van der Waals surface area contributed by atoms with Crippen molar-refractivity contribution in [2.24, 2.45) is 5.10 Å². The molecule has 0 radical (unpaired) electrons. The van der Waals surface area contributed by atoms with Gasteiger partial charge >= 0.3 is 0 Å². The molecule has 0 aliphatic rings. The molecule has 0 atom stereocenters. The molecule has 0 saturated heterocycles. The van der Waals surface area contributed by atoms with Crippen molar-refractivity contribution in [3.8, 4) is 6.07 Å². The maximum Gasteiger partial charge on any atom is 0.0750 e. The Morgan fingerprint density at radius 2 is 2.15 bits per heavy atom. The van der Waals surface area contributed by atoms with Gasteiger partial charge in [-0.25, -0.2) is 0 Å². The number of nitriles is 1. The number of rotatable bonds is 3. The molecule has 0 unspecified atom stereocenters. The zero-order valence-electron chi connectivity index (χ0n) is 7.49. The molecule has 0 heterocycles. The van der Waals surface area contributed by atoms with Gasteiger partial charge in [-0.2, -0.15) is 10.4 Å². The van der Waals surface area contributed by atoms with Crippen LogP contribution in [0.15, 0.2) is 35.4 Å². The molecule has 1 aromatic carbocycles. The van der Waals surface area contributed by atoms with E-state index in [1.54, 1.807) is 0 Å². The molecule has 1 N–H and O–H groups in total. The lowest BCUT2D eigenvalue weighted by Crippen LogP contribution is -1.95. The first-order chi connectivity index (χ1) is 6.33. The van der Waals surface area contributed by atoms with Gasteiger partial charge in [-0.05, 0) is 19.1 Å². The molecular formula is C10H11N3. The second-order valence-electron chi connectivity index (χ2n) is 2.66. The van der Waals surface area contributed by atoms with E-state index < -0.39 is 0 Å². The van der Waals surface area contributed by atoms with E-state index in [2.05, 4.69) is 10.5 Å². The quantitative estimate of drug-likeness (QED) is 0.563. The summed E-state index contributed by atoms with van der Waals surface area (Å²) in [6.45, 7) is 1.82. The minimum Gasteiger partial charge on any atom is -0.279 e. The van der Waals surface area contributed by atoms with Crippen LogP contribution in [0.5, 0.6) is 0 Å². The van der Waals surface area contributed by atoms with Gasteiger partial charge < -0.3 is 0 Å². The standard InChI is InChI=1S/C10H11N3/c1-9(7-8-11)12-13-10-5-3-2-4-6-10/h2-6,13H,7H2,1H3. The third-order valence-electron chi connectivity index (χ3n) is 1.48. The molecule has 0 saturated carbocycles. The van der Waals surface area contributed by atoms with E-state index >= 15 is 0 Å². The lowest BCUT2D eigenvalue weighted by atomic mass is 10.3. The monoisotopic (exact) mass is 173 g/mol. The number of hydrazone groups is 1. The fourth-order valence-electron chi connectivity index (χ4n) is 0.827. The number of nitrogens with zero attached hydrogens (tertiary/aromatic N) is 2. The van der Waals surface area contributed by atoms with Crippen molar-refractivity contribution in [3.05, 3.63) is 30.3 Å². The first kappa shape index (κ1) is 9.27. The van der Waals surface area contributed by atoms with E-state index in [-0.39, 0.29) is 0 Å². The Kier molecular flexibility index (Phi) is 3.52. The van der Waals surface area contributed by atoms with Crippen molar-refractivity contribution in [2.45, 2.75) is 13.3 Å². The molecule has 3 heteroatoms. The van der Waals surface area contributed by atoms with E-state index in [0.717, 1.165) is 11.4 Å². The lowest BCUT2D eigenvalue weighted by molar-refractivity contribution is 1.27. The average molecular weight is 173 g/mol. The maximum atomic E-state index is 8.38. The molecule has 1 rings (SSSR count). The predicted molar refractivity (Wildman–Crippen MR) is 53.4 cm³/mol. The minimum absolute atomic E-state index is 0.361. The molecule has 0 aliphatic carbocycles. The molecule has 0 spiro atoms. The molecule has 3 nitrogen and oxygen atoms in total. The third-order valence-corrected chi connectivity index (χ3v) is 1.48. The summed E-state index contributed by atoms with van der Waals surface area (Å²) in [7, 11) is 0. The summed E-state index contributed by atoms with van der Waals surface area (Å²) in [5.74, 6) is 0. The summed E-state index contributed by atoms with van der Waals surface area (Å²) in [4.78, 5) is 0. The van der Waals surface area contributed by atoms with Crippen LogP contribution in [-0.2, 0) is 0 Å². The normalized spacial score (nSPS) is 10.6. The van der Waals surface area contributed by atoms with Crippen LogP contribution in [0.1, 0.15) is 13.3 Å².